The highest BCUT2D eigenvalue weighted by Crippen LogP contribution is 2.63. The van der Waals surface area contributed by atoms with Crippen LogP contribution in [0.15, 0.2) is 0 Å². The number of esters is 1. The molecule has 0 aromatic heterocycles. The molecule has 27 heavy (non-hydrogen) atoms. The Kier molecular flexibility index (Phi) is 5.41. The molecule has 8 atom stereocenters. The highest BCUT2D eigenvalue weighted by Gasteiger charge is 2.64. The lowest BCUT2D eigenvalue weighted by Gasteiger charge is -2.64. The van der Waals surface area contributed by atoms with Gasteiger partial charge in [0.05, 0.1) is 37.4 Å². The van der Waals surface area contributed by atoms with Crippen molar-refractivity contribution in [2.75, 3.05) is 13.2 Å². The molecule has 1 aliphatic heterocycles. The van der Waals surface area contributed by atoms with Gasteiger partial charge in [-0.1, -0.05) is 20.8 Å². The van der Waals surface area contributed by atoms with E-state index >= 15 is 0 Å². The Morgan fingerprint density at radius 2 is 1.85 bits per heavy atom. The van der Waals surface area contributed by atoms with Crippen LogP contribution in [-0.4, -0.2) is 68.6 Å². The van der Waals surface area contributed by atoms with Crippen molar-refractivity contribution in [1.29, 1.82) is 0 Å². The molecule has 1 heterocycles. The van der Waals surface area contributed by atoms with Crippen molar-refractivity contribution in [2.24, 2.45) is 28.6 Å². The quantitative estimate of drug-likeness (QED) is 0.437. The summed E-state index contributed by atoms with van der Waals surface area (Å²) in [4.78, 5) is 11.9. The summed E-state index contributed by atoms with van der Waals surface area (Å²) in [6.45, 7) is 5.61. The third-order valence-corrected chi connectivity index (χ3v) is 8.12. The van der Waals surface area contributed by atoms with Crippen LogP contribution < -0.4 is 0 Å². The molecule has 1 saturated heterocycles. The lowest BCUT2D eigenvalue weighted by Crippen LogP contribution is -2.68. The number of hydrogen-bond donors (Lipinski definition) is 5. The van der Waals surface area contributed by atoms with Crippen LogP contribution >= 0.6 is 0 Å². The molecule has 3 aliphatic rings. The molecule has 2 aliphatic carbocycles. The summed E-state index contributed by atoms with van der Waals surface area (Å²) in [5, 5.41) is 53.2. The number of rotatable bonds is 4. The second-order valence-electron chi connectivity index (χ2n) is 9.75. The first-order valence-electron chi connectivity index (χ1n) is 10.0. The fourth-order valence-corrected chi connectivity index (χ4v) is 6.25. The van der Waals surface area contributed by atoms with E-state index in [-0.39, 0.29) is 25.4 Å². The van der Waals surface area contributed by atoms with Gasteiger partial charge in [0.2, 0.25) is 0 Å². The van der Waals surface area contributed by atoms with E-state index in [1.165, 1.54) is 0 Å². The number of aliphatic hydroxyl groups excluding tert-OH is 4. The minimum absolute atomic E-state index is 0.0903. The van der Waals surface area contributed by atoms with Crippen molar-refractivity contribution in [3.05, 3.63) is 0 Å². The van der Waals surface area contributed by atoms with E-state index in [0.29, 0.717) is 19.3 Å². The highest BCUT2D eigenvalue weighted by atomic mass is 16.5. The normalized spacial score (nSPS) is 48.0. The molecular formula is C20H34O7. The molecule has 0 amide bonds. The Hall–Kier alpha value is -0.730. The first kappa shape index (κ1) is 21.0. The van der Waals surface area contributed by atoms with E-state index in [4.69, 9.17) is 4.74 Å². The third kappa shape index (κ3) is 3.12. The van der Waals surface area contributed by atoms with Gasteiger partial charge >= 0.3 is 5.97 Å². The highest BCUT2D eigenvalue weighted by molar-refractivity contribution is 5.74. The van der Waals surface area contributed by atoms with E-state index < -0.39 is 59.2 Å². The lowest BCUT2D eigenvalue weighted by atomic mass is 9.43. The first-order chi connectivity index (χ1) is 12.5. The summed E-state index contributed by atoms with van der Waals surface area (Å²) in [7, 11) is 0. The molecule has 156 valence electrons. The minimum atomic E-state index is -1.76. The molecule has 2 saturated carbocycles. The molecule has 3 fully saturated rings. The molecule has 8 unspecified atom stereocenters. The van der Waals surface area contributed by atoms with Crippen molar-refractivity contribution >= 4 is 5.97 Å². The van der Waals surface area contributed by atoms with Gasteiger partial charge in [-0.15, -0.1) is 0 Å². The van der Waals surface area contributed by atoms with E-state index in [1.54, 1.807) is 0 Å². The predicted molar refractivity (Wildman–Crippen MR) is 96.5 cm³/mol. The van der Waals surface area contributed by atoms with Gasteiger partial charge in [-0.25, -0.2) is 0 Å². The van der Waals surface area contributed by atoms with E-state index in [2.05, 4.69) is 0 Å². The van der Waals surface area contributed by atoms with Crippen LogP contribution in [-0.2, 0) is 9.53 Å². The molecule has 0 aromatic carbocycles. The number of ether oxygens (including phenoxy) is 1. The lowest BCUT2D eigenvalue weighted by molar-refractivity contribution is -0.257. The van der Waals surface area contributed by atoms with Crippen LogP contribution in [0.5, 0.6) is 0 Å². The summed E-state index contributed by atoms with van der Waals surface area (Å²) in [6, 6.07) is 0. The topological polar surface area (TPSA) is 127 Å². The van der Waals surface area contributed by atoms with Crippen LogP contribution in [0.25, 0.3) is 0 Å². The van der Waals surface area contributed by atoms with Crippen molar-refractivity contribution < 1.29 is 35.1 Å². The smallest absolute Gasteiger partial charge is 0.311 e. The monoisotopic (exact) mass is 386 g/mol. The summed E-state index contributed by atoms with van der Waals surface area (Å²) in [6.07, 6.45) is -0.739. The van der Waals surface area contributed by atoms with Gasteiger partial charge in [0, 0.05) is 5.92 Å². The average molecular weight is 386 g/mol. The van der Waals surface area contributed by atoms with Crippen LogP contribution in [0.1, 0.15) is 52.9 Å². The van der Waals surface area contributed by atoms with Gasteiger partial charge in [-0.05, 0) is 48.9 Å². The van der Waals surface area contributed by atoms with E-state index in [1.807, 2.05) is 20.8 Å². The number of fused-ring (bicyclic) bond motifs is 1. The maximum atomic E-state index is 11.9. The van der Waals surface area contributed by atoms with Gasteiger partial charge in [0.1, 0.15) is 5.60 Å². The number of cyclic esters (lactones) is 1. The maximum Gasteiger partial charge on any atom is 0.311 e. The molecular weight excluding hydrogens is 352 g/mol. The van der Waals surface area contributed by atoms with Crippen LogP contribution in [0.2, 0.25) is 0 Å². The van der Waals surface area contributed by atoms with Gasteiger partial charge in [-0.2, -0.15) is 0 Å². The zero-order chi connectivity index (χ0) is 20.2. The summed E-state index contributed by atoms with van der Waals surface area (Å²) in [5.41, 5.74) is -2.73. The first-order valence-corrected chi connectivity index (χ1v) is 10.0. The van der Waals surface area contributed by atoms with Crippen molar-refractivity contribution in [3.8, 4) is 0 Å². The molecule has 0 radical (unpaired) electrons. The second kappa shape index (κ2) is 6.95. The number of carbonyl (C=O) groups is 1. The van der Waals surface area contributed by atoms with Crippen molar-refractivity contribution in [2.45, 2.75) is 76.8 Å². The van der Waals surface area contributed by atoms with E-state index in [9.17, 15) is 30.3 Å². The predicted octanol–water partition coefficient (Wildman–Crippen LogP) is 0.208. The molecule has 7 heteroatoms. The van der Waals surface area contributed by atoms with Gasteiger partial charge in [0.15, 0.2) is 0 Å². The summed E-state index contributed by atoms with van der Waals surface area (Å²) >= 11 is 0. The van der Waals surface area contributed by atoms with Gasteiger partial charge in [-0.3, -0.25) is 4.79 Å². The standard InChI is InChI=1S/C20H34O7/c1-18(2)13-9-16(24)20(26,10-21)14(19(13,3)6-4-15(18)23)8-12(22)11-5-7-27-17(11)25/h11-16,21-24,26H,4-10H2,1-3H3. The fraction of sp³-hybridized carbons (Fsp3) is 0.950. The second-order valence-corrected chi connectivity index (χ2v) is 9.75. The molecule has 7 nitrogen and oxygen atoms in total. The summed E-state index contributed by atoms with van der Waals surface area (Å²) < 4.78 is 4.96. The van der Waals surface area contributed by atoms with Crippen LogP contribution in [0.3, 0.4) is 0 Å². The molecule has 0 aromatic rings. The number of aliphatic hydroxyl groups is 5. The molecule has 0 bridgehead atoms. The molecule has 0 spiro atoms. The van der Waals surface area contributed by atoms with Gasteiger partial charge in [0.25, 0.3) is 0 Å². The van der Waals surface area contributed by atoms with Crippen LogP contribution in [0.4, 0.5) is 0 Å². The summed E-state index contributed by atoms with van der Waals surface area (Å²) in [5.74, 6) is -1.79. The largest absolute Gasteiger partial charge is 0.465 e. The van der Waals surface area contributed by atoms with Gasteiger partial charge < -0.3 is 30.3 Å². The minimum Gasteiger partial charge on any atom is -0.465 e. The Bertz CT molecular complexity index is 579. The maximum absolute atomic E-state index is 11.9. The average Bonchev–Trinajstić information content (AvgIpc) is 3.04. The Morgan fingerprint density at radius 3 is 2.41 bits per heavy atom. The fourth-order valence-electron chi connectivity index (χ4n) is 6.25. The van der Waals surface area contributed by atoms with Crippen LogP contribution in [0, 0.1) is 28.6 Å². The Balaban J connectivity index is 1.96. The molecule has 3 rings (SSSR count). The zero-order valence-electron chi connectivity index (χ0n) is 16.5. The van der Waals surface area contributed by atoms with E-state index in [0.717, 1.165) is 0 Å². The third-order valence-electron chi connectivity index (χ3n) is 8.12. The molecule has 5 N–H and O–H groups in total. The Labute approximate surface area is 160 Å². The zero-order valence-corrected chi connectivity index (χ0v) is 16.5. The van der Waals surface area contributed by atoms with Crippen molar-refractivity contribution in [1.82, 2.24) is 0 Å². The number of carbonyl (C=O) groups excluding carboxylic acids is 1. The Morgan fingerprint density at radius 1 is 1.19 bits per heavy atom. The van der Waals surface area contributed by atoms with Crippen molar-refractivity contribution in [3.63, 3.8) is 0 Å². The SMILES string of the molecule is CC1(C)C(O)CCC2(C)C1CC(O)C(O)(CO)C2CC(O)C1CCOC1=O. The number of hydrogen-bond acceptors (Lipinski definition) is 7.